The molecule has 0 bridgehead atoms. The van der Waals surface area contributed by atoms with E-state index in [0.717, 1.165) is 16.9 Å². The summed E-state index contributed by atoms with van der Waals surface area (Å²) in [6.45, 7) is 0.902. The maximum atomic E-state index is 6.10. The second-order valence-electron chi connectivity index (χ2n) is 5.04. The van der Waals surface area contributed by atoms with Crippen LogP contribution in [0.2, 0.25) is 10.0 Å². The molecule has 1 aromatic heterocycles. The van der Waals surface area contributed by atoms with E-state index in [1.165, 1.54) is 0 Å². The molecule has 0 spiro atoms. The minimum Gasteiger partial charge on any atom is -0.489 e. The predicted octanol–water partition coefficient (Wildman–Crippen LogP) is 4.57. The summed E-state index contributed by atoms with van der Waals surface area (Å²) >= 11 is 17.2. The zero-order valence-corrected chi connectivity index (χ0v) is 14.8. The van der Waals surface area contributed by atoms with E-state index in [1.54, 1.807) is 17.1 Å². The number of H-pyrrole nitrogens is 1. The van der Waals surface area contributed by atoms with Gasteiger partial charge < -0.3 is 10.2 Å². The highest BCUT2D eigenvalue weighted by atomic mass is 35.5. The van der Waals surface area contributed by atoms with Crippen molar-refractivity contribution in [3.8, 4) is 5.75 Å². The van der Waals surface area contributed by atoms with Gasteiger partial charge in [-0.3, -0.25) is 5.10 Å². The molecule has 0 unspecified atom stereocenters. The Morgan fingerprint density at radius 3 is 2.75 bits per heavy atom. The zero-order valence-electron chi connectivity index (χ0n) is 12.5. The topological polar surface area (TPSA) is 54.9 Å². The fraction of sp³-hybridized carbons (Fsp3) is 0.125. The molecular weight excluding hydrogens is 367 g/mol. The summed E-state index contributed by atoms with van der Waals surface area (Å²) in [7, 11) is 0. The lowest BCUT2D eigenvalue weighted by molar-refractivity contribution is 0.303. The van der Waals surface area contributed by atoms with Gasteiger partial charge in [0.25, 0.3) is 0 Å². The van der Waals surface area contributed by atoms with Gasteiger partial charge in [-0.25, -0.2) is 4.68 Å². The van der Waals surface area contributed by atoms with Crippen molar-refractivity contribution in [2.75, 3.05) is 5.43 Å². The number of ether oxygens (including phenoxy) is 1. The highest BCUT2D eigenvalue weighted by Gasteiger charge is 2.06. The summed E-state index contributed by atoms with van der Waals surface area (Å²) < 4.78 is 8.02. The van der Waals surface area contributed by atoms with Gasteiger partial charge in [0.15, 0.2) is 0 Å². The molecule has 2 N–H and O–H groups in total. The molecule has 2 aromatic carbocycles. The van der Waals surface area contributed by atoms with Crippen LogP contribution in [0.4, 0.5) is 0 Å². The van der Waals surface area contributed by atoms with E-state index < -0.39 is 0 Å². The van der Waals surface area contributed by atoms with E-state index in [9.17, 15) is 0 Å². The van der Waals surface area contributed by atoms with Gasteiger partial charge in [0, 0.05) is 15.6 Å². The number of hydrogen-bond acceptors (Lipinski definition) is 4. The van der Waals surface area contributed by atoms with Crippen molar-refractivity contribution in [2.24, 2.45) is 0 Å². The Labute approximate surface area is 154 Å². The second kappa shape index (κ2) is 7.70. The van der Waals surface area contributed by atoms with Gasteiger partial charge in [-0.2, -0.15) is 5.10 Å². The van der Waals surface area contributed by atoms with Crippen LogP contribution in [0.5, 0.6) is 5.75 Å². The summed E-state index contributed by atoms with van der Waals surface area (Å²) in [5, 5.41) is 7.86. The van der Waals surface area contributed by atoms with Crippen LogP contribution in [0.1, 0.15) is 11.1 Å². The maximum absolute atomic E-state index is 6.10. The van der Waals surface area contributed by atoms with Crippen molar-refractivity contribution in [2.45, 2.75) is 13.2 Å². The smallest absolute Gasteiger partial charge is 0.214 e. The molecule has 0 aliphatic rings. The van der Waals surface area contributed by atoms with E-state index in [4.69, 9.17) is 40.2 Å². The quantitative estimate of drug-likeness (QED) is 0.615. The van der Waals surface area contributed by atoms with Crippen LogP contribution in [0.15, 0.2) is 48.8 Å². The van der Waals surface area contributed by atoms with E-state index >= 15 is 0 Å². The Hall–Kier alpha value is -2.02. The third-order valence-electron chi connectivity index (χ3n) is 3.30. The van der Waals surface area contributed by atoms with E-state index in [1.807, 2.05) is 36.4 Å². The summed E-state index contributed by atoms with van der Waals surface area (Å²) in [6.07, 6.45) is 1.57. The number of hydrogen-bond donors (Lipinski definition) is 2. The molecule has 0 aliphatic carbocycles. The summed E-state index contributed by atoms with van der Waals surface area (Å²) in [5.41, 5.74) is 5.05. The summed E-state index contributed by atoms with van der Waals surface area (Å²) in [4.78, 5) is 0. The average Bonchev–Trinajstić information content (AvgIpc) is 2.97. The molecule has 5 nitrogen and oxygen atoms in total. The van der Waals surface area contributed by atoms with Crippen LogP contribution in [0.3, 0.4) is 0 Å². The van der Waals surface area contributed by atoms with E-state index in [0.29, 0.717) is 28.0 Å². The minimum atomic E-state index is 0.417. The van der Waals surface area contributed by atoms with Crippen LogP contribution in [-0.2, 0) is 13.2 Å². The fourth-order valence-corrected chi connectivity index (χ4v) is 2.72. The van der Waals surface area contributed by atoms with Gasteiger partial charge in [0.1, 0.15) is 18.7 Å². The number of aromatic nitrogens is 3. The molecule has 1 heterocycles. The average molecular weight is 381 g/mol. The molecule has 3 aromatic rings. The molecule has 24 heavy (non-hydrogen) atoms. The highest BCUT2D eigenvalue weighted by molar-refractivity contribution is 7.71. The Morgan fingerprint density at radius 1 is 1.17 bits per heavy atom. The monoisotopic (exact) mass is 380 g/mol. The second-order valence-corrected chi connectivity index (χ2v) is 6.30. The van der Waals surface area contributed by atoms with Crippen molar-refractivity contribution in [3.63, 3.8) is 0 Å². The first-order valence-corrected chi connectivity index (χ1v) is 8.30. The minimum absolute atomic E-state index is 0.417. The van der Waals surface area contributed by atoms with Crippen molar-refractivity contribution < 1.29 is 4.74 Å². The highest BCUT2D eigenvalue weighted by Crippen LogP contribution is 2.24. The first-order chi connectivity index (χ1) is 11.6. The molecule has 0 radical (unpaired) electrons. The van der Waals surface area contributed by atoms with Crippen molar-refractivity contribution in [1.82, 2.24) is 14.9 Å². The Kier molecular flexibility index (Phi) is 5.40. The van der Waals surface area contributed by atoms with Crippen LogP contribution in [-0.4, -0.2) is 14.9 Å². The molecule has 0 saturated heterocycles. The van der Waals surface area contributed by atoms with Gasteiger partial charge in [-0.15, -0.1) is 0 Å². The van der Waals surface area contributed by atoms with Gasteiger partial charge >= 0.3 is 0 Å². The van der Waals surface area contributed by atoms with Gasteiger partial charge in [-0.1, -0.05) is 35.3 Å². The van der Waals surface area contributed by atoms with Crippen LogP contribution >= 0.6 is 35.4 Å². The largest absolute Gasteiger partial charge is 0.489 e. The van der Waals surface area contributed by atoms with Gasteiger partial charge in [0.2, 0.25) is 4.77 Å². The maximum Gasteiger partial charge on any atom is 0.214 e. The van der Waals surface area contributed by atoms with Crippen LogP contribution in [0, 0.1) is 4.77 Å². The standard InChI is InChI=1S/C16H14Cl2N4OS/c17-13-3-1-2-11(6-13)9-23-15-5-4-14(18)7-12(15)8-20-22-10-19-21-16(22)24/h1-7,10,20H,8-9H2,(H,21,24). The Balaban J connectivity index is 1.73. The van der Waals surface area contributed by atoms with Crippen molar-refractivity contribution in [1.29, 1.82) is 0 Å². The molecule has 0 aliphatic heterocycles. The van der Waals surface area contributed by atoms with E-state index in [2.05, 4.69) is 15.6 Å². The predicted molar refractivity (Wildman–Crippen MR) is 97.7 cm³/mol. The number of halogens is 2. The first-order valence-electron chi connectivity index (χ1n) is 7.13. The van der Waals surface area contributed by atoms with Gasteiger partial charge in [0.05, 0.1) is 6.54 Å². The Bertz CT molecular complexity index is 894. The Morgan fingerprint density at radius 2 is 2.00 bits per heavy atom. The van der Waals surface area contributed by atoms with Crippen molar-refractivity contribution >= 4 is 35.4 Å². The third kappa shape index (κ3) is 4.29. The molecule has 124 valence electrons. The number of aromatic amines is 1. The molecule has 0 atom stereocenters. The lowest BCUT2D eigenvalue weighted by atomic mass is 10.2. The number of nitrogens with one attached hydrogen (secondary N) is 2. The number of nitrogens with zero attached hydrogens (tertiary/aromatic N) is 2. The van der Waals surface area contributed by atoms with Gasteiger partial charge in [-0.05, 0) is 48.1 Å². The molecule has 0 fully saturated rings. The summed E-state index contributed by atoms with van der Waals surface area (Å²) in [6, 6.07) is 13.1. The SMILES string of the molecule is S=c1[nH]ncn1NCc1cc(Cl)ccc1OCc1cccc(Cl)c1. The molecule has 8 heteroatoms. The summed E-state index contributed by atoms with van der Waals surface area (Å²) in [5.74, 6) is 0.738. The molecule has 0 amide bonds. The lowest BCUT2D eigenvalue weighted by Gasteiger charge is -2.13. The number of rotatable bonds is 6. The first kappa shape index (κ1) is 16.8. The normalized spacial score (nSPS) is 10.6. The van der Waals surface area contributed by atoms with E-state index in [-0.39, 0.29) is 0 Å². The molecule has 3 rings (SSSR count). The fourth-order valence-electron chi connectivity index (χ4n) is 2.15. The van der Waals surface area contributed by atoms with Crippen LogP contribution < -0.4 is 10.2 Å². The third-order valence-corrected chi connectivity index (χ3v) is 4.06. The zero-order chi connectivity index (χ0) is 16.9. The lowest BCUT2D eigenvalue weighted by Crippen LogP contribution is -2.14. The van der Waals surface area contributed by atoms with Crippen LogP contribution in [0.25, 0.3) is 0 Å². The molecule has 0 saturated carbocycles. The molecular formula is C16H14Cl2N4OS. The number of benzene rings is 2. The van der Waals surface area contributed by atoms with Crippen molar-refractivity contribution in [3.05, 3.63) is 74.7 Å².